The van der Waals surface area contributed by atoms with E-state index in [-0.39, 0.29) is 30.5 Å². The first-order valence-electron chi connectivity index (χ1n) is 11.4. The Labute approximate surface area is 194 Å². The maximum absolute atomic E-state index is 11.4. The fourth-order valence-electron chi connectivity index (χ4n) is 2.17. The standard InChI is InChI=1S/C22H44O9Si/c1-22(2,3)32(4,5)31-19-17-29-15-13-27-11-10-26-12-14-28-16-18-30-21(25)9-7-6-8-20(23)24/h6-19H2,1-5H3,(H,23,24). The van der Waals surface area contributed by atoms with E-state index >= 15 is 0 Å². The number of hydrogen-bond acceptors (Lipinski definition) is 8. The molecule has 1 N–H and O–H groups in total. The molecule has 0 aromatic carbocycles. The monoisotopic (exact) mass is 480 g/mol. The van der Waals surface area contributed by atoms with Gasteiger partial charge in [-0.15, -0.1) is 0 Å². The summed E-state index contributed by atoms with van der Waals surface area (Å²) in [7, 11) is -1.70. The number of aliphatic carboxylic acids is 1. The van der Waals surface area contributed by atoms with Crippen LogP contribution in [-0.2, 0) is 37.7 Å². The zero-order chi connectivity index (χ0) is 24.3. The van der Waals surface area contributed by atoms with Gasteiger partial charge in [0.05, 0.1) is 59.5 Å². The average molecular weight is 481 g/mol. The number of carbonyl (C=O) groups excluding carboxylic acids is 1. The van der Waals surface area contributed by atoms with E-state index in [4.69, 9.17) is 33.2 Å². The summed E-state index contributed by atoms with van der Waals surface area (Å²) < 4.78 is 32.7. The normalized spacial score (nSPS) is 12.2. The van der Waals surface area contributed by atoms with E-state index in [1.165, 1.54) is 0 Å². The van der Waals surface area contributed by atoms with Crippen LogP contribution in [0.1, 0.15) is 46.5 Å². The SMILES string of the molecule is CC(C)(C)[Si](C)(C)OCCOCCOCCOCCOCCOC(=O)CCCCC(=O)O. The average Bonchev–Trinajstić information content (AvgIpc) is 2.69. The third-order valence-corrected chi connectivity index (χ3v) is 9.66. The van der Waals surface area contributed by atoms with Gasteiger partial charge in [-0.3, -0.25) is 9.59 Å². The predicted octanol–water partition coefficient (Wildman–Crippen LogP) is 3.26. The van der Waals surface area contributed by atoms with Crippen LogP contribution in [-0.4, -0.2) is 91.4 Å². The zero-order valence-corrected chi connectivity index (χ0v) is 21.6. The van der Waals surface area contributed by atoms with Gasteiger partial charge in [0.1, 0.15) is 6.61 Å². The van der Waals surface area contributed by atoms with Gasteiger partial charge in [0, 0.05) is 12.8 Å². The molecule has 0 atom stereocenters. The molecule has 0 saturated heterocycles. The van der Waals surface area contributed by atoms with Gasteiger partial charge < -0.3 is 33.2 Å². The number of carboxylic acids is 1. The first-order chi connectivity index (χ1) is 15.1. The van der Waals surface area contributed by atoms with Crippen molar-refractivity contribution in [3.8, 4) is 0 Å². The van der Waals surface area contributed by atoms with Crippen molar-refractivity contribution in [2.75, 3.05) is 66.1 Å². The largest absolute Gasteiger partial charge is 0.481 e. The molecule has 0 fully saturated rings. The molecule has 0 saturated carbocycles. The molecule has 32 heavy (non-hydrogen) atoms. The Morgan fingerprint density at radius 2 is 1.09 bits per heavy atom. The van der Waals surface area contributed by atoms with Crippen LogP contribution < -0.4 is 0 Å². The van der Waals surface area contributed by atoms with Gasteiger partial charge in [-0.25, -0.2) is 0 Å². The lowest BCUT2D eigenvalue weighted by Crippen LogP contribution is -2.41. The number of unbranched alkanes of at least 4 members (excludes halogenated alkanes) is 1. The van der Waals surface area contributed by atoms with E-state index in [0.29, 0.717) is 72.3 Å². The van der Waals surface area contributed by atoms with Crippen LogP contribution in [0.4, 0.5) is 0 Å². The van der Waals surface area contributed by atoms with Crippen LogP contribution in [0.5, 0.6) is 0 Å². The quantitative estimate of drug-likeness (QED) is 0.150. The highest BCUT2D eigenvalue weighted by Crippen LogP contribution is 2.36. The molecule has 0 aromatic heterocycles. The molecular formula is C22H44O9Si. The van der Waals surface area contributed by atoms with Crippen LogP contribution in [0.15, 0.2) is 0 Å². The number of hydrogen-bond donors (Lipinski definition) is 1. The van der Waals surface area contributed by atoms with Gasteiger partial charge in [-0.1, -0.05) is 20.8 Å². The lowest BCUT2D eigenvalue weighted by atomic mass is 10.2. The molecule has 0 aromatic rings. The second-order valence-corrected chi connectivity index (χ2v) is 13.7. The predicted molar refractivity (Wildman–Crippen MR) is 123 cm³/mol. The van der Waals surface area contributed by atoms with Crippen LogP contribution in [0.2, 0.25) is 18.1 Å². The minimum absolute atomic E-state index is 0.0717. The van der Waals surface area contributed by atoms with Gasteiger partial charge in [0.2, 0.25) is 0 Å². The minimum atomic E-state index is -1.70. The molecule has 10 heteroatoms. The number of ether oxygens (including phenoxy) is 5. The lowest BCUT2D eigenvalue weighted by Gasteiger charge is -2.36. The van der Waals surface area contributed by atoms with Crippen molar-refractivity contribution in [3.63, 3.8) is 0 Å². The van der Waals surface area contributed by atoms with Gasteiger partial charge >= 0.3 is 11.9 Å². The summed E-state index contributed by atoms with van der Waals surface area (Å²) in [5.74, 6) is -1.19. The van der Waals surface area contributed by atoms with Gasteiger partial charge in [-0.05, 0) is 31.0 Å². The Bertz CT molecular complexity index is 492. The topological polar surface area (TPSA) is 110 Å². The van der Waals surface area contributed by atoms with Crippen molar-refractivity contribution < 1.29 is 42.8 Å². The highest BCUT2D eigenvalue weighted by Gasteiger charge is 2.36. The summed E-state index contributed by atoms with van der Waals surface area (Å²) in [6.07, 6.45) is 1.29. The van der Waals surface area contributed by atoms with E-state index in [9.17, 15) is 9.59 Å². The number of carbonyl (C=O) groups is 2. The van der Waals surface area contributed by atoms with Crippen LogP contribution in [0, 0.1) is 0 Å². The number of esters is 1. The second-order valence-electron chi connectivity index (χ2n) is 8.88. The summed E-state index contributed by atoms with van der Waals surface area (Å²) in [5, 5.41) is 8.72. The molecule has 0 aliphatic heterocycles. The molecule has 0 rings (SSSR count). The van der Waals surface area contributed by atoms with Gasteiger partial charge in [0.25, 0.3) is 0 Å². The molecule has 0 unspecified atom stereocenters. The molecule has 0 spiro atoms. The highest BCUT2D eigenvalue weighted by molar-refractivity contribution is 6.74. The maximum Gasteiger partial charge on any atom is 0.305 e. The first-order valence-corrected chi connectivity index (χ1v) is 14.3. The smallest absolute Gasteiger partial charge is 0.305 e. The van der Waals surface area contributed by atoms with Crippen molar-refractivity contribution in [1.82, 2.24) is 0 Å². The fraction of sp³-hybridized carbons (Fsp3) is 0.909. The van der Waals surface area contributed by atoms with Crippen LogP contribution >= 0.6 is 0 Å². The third-order valence-electron chi connectivity index (χ3n) is 5.13. The number of rotatable bonds is 21. The first kappa shape index (κ1) is 31.0. The molecule has 0 aliphatic rings. The lowest BCUT2D eigenvalue weighted by molar-refractivity contribution is -0.146. The van der Waals surface area contributed by atoms with E-state index in [0.717, 1.165) is 0 Å². The molecule has 0 aliphatic carbocycles. The van der Waals surface area contributed by atoms with Crippen LogP contribution in [0.25, 0.3) is 0 Å². The minimum Gasteiger partial charge on any atom is -0.481 e. The Kier molecular flexibility index (Phi) is 17.8. The molecule has 0 heterocycles. The molecule has 9 nitrogen and oxygen atoms in total. The van der Waals surface area contributed by atoms with Crippen molar-refractivity contribution in [3.05, 3.63) is 0 Å². The van der Waals surface area contributed by atoms with Crippen molar-refractivity contribution in [1.29, 1.82) is 0 Å². The summed E-state index contributed by atoms with van der Waals surface area (Å²) in [5.41, 5.74) is 0. The molecular weight excluding hydrogens is 436 g/mol. The van der Waals surface area contributed by atoms with Gasteiger partial charge in [0.15, 0.2) is 8.32 Å². The molecule has 0 bridgehead atoms. The Morgan fingerprint density at radius 1 is 0.688 bits per heavy atom. The molecule has 190 valence electrons. The Hall–Kier alpha value is -1.04. The van der Waals surface area contributed by atoms with Gasteiger partial charge in [-0.2, -0.15) is 0 Å². The fourth-order valence-corrected chi connectivity index (χ4v) is 3.19. The summed E-state index contributed by atoms with van der Waals surface area (Å²) in [6.45, 7) is 15.6. The van der Waals surface area contributed by atoms with Crippen molar-refractivity contribution in [2.24, 2.45) is 0 Å². The third kappa shape index (κ3) is 18.5. The Morgan fingerprint density at radius 3 is 1.53 bits per heavy atom. The highest BCUT2D eigenvalue weighted by atomic mass is 28.4. The van der Waals surface area contributed by atoms with E-state index in [1.54, 1.807) is 0 Å². The van der Waals surface area contributed by atoms with Crippen molar-refractivity contribution in [2.45, 2.75) is 64.6 Å². The maximum atomic E-state index is 11.4. The van der Waals surface area contributed by atoms with E-state index < -0.39 is 14.3 Å². The molecule has 0 radical (unpaired) electrons. The van der Waals surface area contributed by atoms with Crippen molar-refractivity contribution >= 4 is 20.3 Å². The zero-order valence-electron chi connectivity index (χ0n) is 20.6. The van der Waals surface area contributed by atoms with E-state index in [1.807, 2.05) is 0 Å². The van der Waals surface area contributed by atoms with Crippen LogP contribution in [0.3, 0.4) is 0 Å². The number of carboxylic acid groups (broad SMARTS) is 1. The second kappa shape index (κ2) is 18.4. The molecule has 0 amide bonds. The summed E-state index contributed by atoms with van der Waals surface area (Å²) in [4.78, 5) is 21.8. The summed E-state index contributed by atoms with van der Waals surface area (Å²) in [6, 6.07) is 0. The Balaban J connectivity index is 3.28. The summed E-state index contributed by atoms with van der Waals surface area (Å²) >= 11 is 0. The van der Waals surface area contributed by atoms with E-state index in [2.05, 4.69) is 33.9 Å².